The summed E-state index contributed by atoms with van der Waals surface area (Å²) in [7, 11) is 0. The van der Waals surface area contributed by atoms with Gasteiger partial charge >= 0.3 is 11.9 Å². The highest BCUT2D eigenvalue weighted by Gasteiger charge is 2.43. The van der Waals surface area contributed by atoms with Crippen LogP contribution in [0.5, 0.6) is 23.0 Å². The average molecular weight is 414 g/mol. The number of hydrogen-bond donors (Lipinski definition) is 3. The van der Waals surface area contributed by atoms with Gasteiger partial charge in [-0.05, 0) is 55.3 Å². The van der Waals surface area contributed by atoms with Gasteiger partial charge in [0.2, 0.25) is 0 Å². The predicted octanol–water partition coefficient (Wildman–Crippen LogP) is 3.16. The van der Waals surface area contributed by atoms with E-state index in [0.29, 0.717) is 16.7 Å². The van der Waals surface area contributed by atoms with Crippen LogP contribution in [-0.4, -0.2) is 40.5 Å². The van der Waals surface area contributed by atoms with Gasteiger partial charge in [-0.3, -0.25) is 4.79 Å². The fourth-order valence-corrected chi connectivity index (χ4v) is 3.29. The lowest BCUT2D eigenvalue weighted by Gasteiger charge is -2.18. The van der Waals surface area contributed by atoms with Gasteiger partial charge in [0.25, 0.3) is 0 Å². The Labute approximate surface area is 172 Å². The Bertz CT molecular complexity index is 995. The topological polar surface area (TPSA) is 123 Å². The molecule has 0 spiro atoms. The van der Waals surface area contributed by atoms with E-state index in [4.69, 9.17) is 14.2 Å². The van der Waals surface area contributed by atoms with E-state index in [2.05, 4.69) is 0 Å². The minimum absolute atomic E-state index is 0.110. The minimum Gasteiger partial charge on any atom is -0.504 e. The summed E-state index contributed by atoms with van der Waals surface area (Å²) in [6.07, 6.45) is 1.79. The van der Waals surface area contributed by atoms with E-state index < -0.39 is 24.0 Å². The van der Waals surface area contributed by atoms with Crippen LogP contribution < -0.4 is 4.74 Å². The van der Waals surface area contributed by atoms with Gasteiger partial charge in [0.05, 0.1) is 13.2 Å². The summed E-state index contributed by atoms with van der Waals surface area (Å²) >= 11 is 0. The van der Waals surface area contributed by atoms with Crippen LogP contribution in [0.25, 0.3) is 6.08 Å². The van der Waals surface area contributed by atoms with Crippen molar-refractivity contribution in [2.45, 2.75) is 25.9 Å². The molecule has 0 saturated carbocycles. The molecule has 1 aliphatic heterocycles. The summed E-state index contributed by atoms with van der Waals surface area (Å²) in [4.78, 5) is 24.3. The van der Waals surface area contributed by atoms with E-state index >= 15 is 0 Å². The number of phenols is 3. The van der Waals surface area contributed by atoms with E-state index in [1.165, 1.54) is 36.4 Å². The van der Waals surface area contributed by atoms with Crippen molar-refractivity contribution in [1.29, 1.82) is 0 Å². The molecular weight excluding hydrogens is 392 g/mol. The molecule has 0 aromatic heterocycles. The summed E-state index contributed by atoms with van der Waals surface area (Å²) in [5, 5.41) is 29.9. The van der Waals surface area contributed by atoms with E-state index in [9.17, 15) is 24.9 Å². The molecular formula is C22H22O8. The highest BCUT2D eigenvalue weighted by Crippen LogP contribution is 2.51. The fourth-order valence-electron chi connectivity index (χ4n) is 3.29. The predicted molar refractivity (Wildman–Crippen MR) is 106 cm³/mol. The van der Waals surface area contributed by atoms with Gasteiger partial charge in [-0.25, -0.2) is 4.79 Å². The summed E-state index contributed by atoms with van der Waals surface area (Å²) in [6.45, 7) is 3.74. The number of carbonyl (C=O) groups excluding carboxylic acids is 2. The van der Waals surface area contributed by atoms with Crippen LogP contribution in [0.2, 0.25) is 0 Å². The molecule has 2 atom stereocenters. The van der Waals surface area contributed by atoms with Crippen molar-refractivity contribution in [2.24, 2.45) is 0 Å². The third-order valence-electron chi connectivity index (χ3n) is 4.57. The quantitative estimate of drug-likeness (QED) is 0.374. The van der Waals surface area contributed by atoms with Crippen LogP contribution in [0.1, 0.15) is 42.6 Å². The first-order valence-electron chi connectivity index (χ1n) is 9.42. The first kappa shape index (κ1) is 21.0. The maximum absolute atomic E-state index is 12.7. The lowest BCUT2D eigenvalue weighted by molar-refractivity contribution is -0.146. The Morgan fingerprint density at radius 3 is 2.40 bits per heavy atom. The second-order valence-corrected chi connectivity index (χ2v) is 6.56. The second-order valence-electron chi connectivity index (χ2n) is 6.56. The van der Waals surface area contributed by atoms with Crippen molar-refractivity contribution in [3.63, 3.8) is 0 Å². The third-order valence-corrected chi connectivity index (χ3v) is 4.57. The van der Waals surface area contributed by atoms with Gasteiger partial charge in [0.15, 0.2) is 23.0 Å². The fraction of sp³-hybridized carbons (Fsp3) is 0.273. The molecule has 8 heteroatoms. The molecule has 0 fully saturated rings. The Kier molecular flexibility index (Phi) is 6.15. The van der Waals surface area contributed by atoms with Crippen LogP contribution >= 0.6 is 0 Å². The molecule has 3 N–H and O–H groups in total. The molecule has 0 aliphatic carbocycles. The zero-order valence-electron chi connectivity index (χ0n) is 16.5. The first-order chi connectivity index (χ1) is 14.3. The number of carbonyl (C=O) groups is 2. The Morgan fingerprint density at radius 1 is 1.00 bits per heavy atom. The zero-order valence-corrected chi connectivity index (χ0v) is 16.5. The average Bonchev–Trinajstić information content (AvgIpc) is 3.09. The van der Waals surface area contributed by atoms with E-state index in [1.54, 1.807) is 19.9 Å². The number of rotatable bonds is 6. The Balaban J connectivity index is 2.03. The molecule has 3 rings (SSSR count). The molecule has 1 aliphatic rings. The number of hydrogen-bond acceptors (Lipinski definition) is 8. The molecule has 0 radical (unpaired) electrons. The molecule has 30 heavy (non-hydrogen) atoms. The van der Waals surface area contributed by atoms with Gasteiger partial charge in [0.1, 0.15) is 12.0 Å². The summed E-state index contributed by atoms with van der Waals surface area (Å²) in [6, 6.07) is 7.10. The first-order valence-corrected chi connectivity index (χ1v) is 9.42. The number of phenolic OH excluding ortho intramolecular Hbond substituents is 3. The normalized spacial score (nSPS) is 17.4. The molecule has 1 heterocycles. The largest absolute Gasteiger partial charge is 0.504 e. The second kappa shape index (κ2) is 8.77. The van der Waals surface area contributed by atoms with Gasteiger partial charge < -0.3 is 29.5 Å². The molecule has 0 bridgehead atoms. The number of esters is 2. The van der Waals surface area contributed by atoms with Gasteiger partial charge in [-0.2, -0.15) is 0 Å². The van der Waals surface area contributed by atoms with Crippen molar-refractivity contribution in [2.75, 3.05) is 13.2 Å². The van der Waals surface area contributed by atoms with Crippen molar-refractivity contribution in [3.05, 3.63) is 53.1 Å². The SMILES string of the molecule is CCOC(=O)/C=C/c1cc(O)c2c(c1)[C@@H](C(=O)OCC)[C@H](c1ccc(O)c(O)c1)O2. The van der Waals surface area contributed by atoms with Gasteiger partial charge in [0, 0.05) is 11.6 Å². The number of ether oxygens (including phenoxy) is 3. The summed E-state index contributed by atoms with van der Waals surface area (Å²) < 4.78 is 15.9. The molecule has 2 aromatic carbocycles. The maximum atomic E-state index is 12.7. The Morgan fingerprint density at radius 2 is 1.73 bits per heavy atom. The summed E-state index contributed by atoms with van der Waals surface area (Å²) in [5.41, 5.74) is 1.27. The molecule has 2 aromatic rings. The van der Waals surface area contributed by atoms with E-state index in [0.717, 1.165) is 0 Å². The lowest BCUT2D eigenvalue weighted by Crippen LogP contribution is -2.21. The van der Waals surface area contributed by atoms with Gasteiger partial charge in [-0.15, -0.1) is 0 Å². The zero-order chi connectivity index (χ0) is 21.8. The van der Waals surface area contributed by atoms with Crippen LogP contribution in [0.3, 0.4) is 0 Å². The van der Waals surface area contributed by atoms with Crippen molar-refractivity contribution < 1.29 is 39.1 Å². The monoisotopic (exact) mass is 414 g/mol. The highest BCUT2D eigenvalue weighted by molar-refractivity contribution is 5.88. The molecule has 0 unspecified atom stereocenters. The molecule has 0 amide bonds. The van der Waals surface area contributed by atoms with Crippen molar-refractivity contribution >= 4 is 18.0 Å². The van der Waals surface area contributed by atoms with Gasteiger partial charge in [-0.1, -0.05) is 6.07 Å². The van der Waals surface area contributed by atoms with E-state index in [-0.39, 0.29) is 36.2 Å². The van der Waals surface area contributed by atoms with Crippen LogP contribution in [0, 0.1) is 0 Å². The van der Waals surface area contributed by atoms with Crippen molar-refractivity contribution in [1.82, 2.24) is 0 Å². The van der Waals surface area contributed by atoms with E-state index in [1.807, 2.05) is 0 Å². The maximum Gasteiger partial charge on any atom is 0.330 e. The molecule has 158 valence electrons. The number of aromatic hydroxyl groups is 3. The molecule has 0 saturated heterocycles. The van der Waals surface area contributed by atoms with Crippen LogP contribution in [0.4, 0.5) is 0 Å². The van der Waals surface area contributed by atoms with Crippen LogP contribution in [-0.2, 0) is 19.1 Å². The standard InChI is InChI=1S/C22H22O8/c1-3-28-18(26)8-5-12-9-14-19(22(27)29-4-2)20(30-21(14)17(25)10-12)13-6-7-15(23)16(24)11-13/h5-11,19-20,23-25H,3-4H2,1-2H3/b8-5+/t19-,20+/m1/s1. The number of benzene rings is 2. The van der Waals surface area contributed by atoms with Crippen LogP contribution in [0.15, 0.2) is 36.4 Å². The third kappa shape index (κ3) is 4.17. The highest BCUT2D eigenvalue weighted by atomic mass is 16.5. The summed E-state index contributed by atoms with van der Waals surface area (Å²) in [5.74, 6) is -2.80. The Hall–Kier alpha value is -3.68. The minimum atomic E-state index is -0.925. The lowest BCUT2D eigenvalue weighted by atomic mass is 9.90. The smallest absolute Gasteiger partial charge is 0.330 e. The van der Waals surface area contributed by atoms with Crippen molar-refractivity contribution in [3.8, 4) is 23.0 Å². The number of fused-ring (bicyclic) bond motifs is 1. The molecule has 8 nitrogen and oxygen atoms in total.